The van der Waals surface area contributed by atoms with Crippen LogP contribution in [0.3, 0.4) is 0 Å². The Bertz CT molecular complexity index is 785. The highest BCUT2D eigenvalue weighted by atomic mass is 16.6. The molecule has 1 fully saturated rings. The molecule has 0 unspecified atom stereocenters. The third-order valence-electron chi connectivity index (χ3n) is 4.78. The number of piperazine rings is 1. The molecule has 0 saturated carbocycles. The first kappa shape index (κ1) is 19.9. The summed E-state index contributed by atoms with van der Waals surface area (Å²) in [6.45, 7) is 7.02. The van der Waals surface area contributed by atoms with Crippen molar-refractivity contribution < 1.29 is 9.53 Å². The minimum Gasteiger partial charge on any atom is -0.444 e. The second-order valence-electron chi connectivity index (χ2n) is 8.03. The van der Waals surface area contributed by atoms with Crippen molar-refractivity contribution in [3.8, 4) is 6.07 Å². The lowest BCUT2D eigenvalue weighted by atomic mass is 9.95. The van der Waals surface area contributed by atoms with Crippen LogP contribution >= 0.6 is 0 Å². The van der Waals surface area contributed by atoms with Crippen LogP contribution in [0, 0.1) is 11.3 Å². The van der Waals surface area contributed by atoms with Crippen molar-refractivity contribution in [1.82, 2.24) is 9.80 Å². The maximum absolute atomic E-state index is 12.5. The third-order valence-corrected chi connectivity index (χ3v) is 4.78. The van der Waals surface area contributed by atoms with Crippen LogP contribution < -0.4 is 0 Å². The fraction of sp³-hybridized carbons (Fsp3) is 0.391. The molecule has 2 aromatic rings. The van der Waals surface area contributed by atoms with Crippen LogP contribution in [0.2, 0.25) is 0 Å². The molecule has 2 aromatic carbocycles. The first-order valence-corrected chi connectivity index (χ1v) is 9.62. The van der Waals surface area contributed by atoms with Crippen molar-refractivity contribution in [2.75, 3.05) is 19.6 Å². The van der Waals surface area contributed by atoms with E-state index >= 15 is 0 Å². The van der Waals surface area contributed by atoms with Gasteiger partial charge >= 0.3 is 6.09 Å². The van der Waals surface area contributed by atoms with Gasteiger partial charge in [0.05, 0.1) is 18.7 Å². The lowest BCUT2D eigenvalue weighted by molar-refractivity contribution is 0.00540. The highest BCUT2D eigenvalue weighted by molar-refractivity contribution is 5.68. The Morgan fingerprint density at radius 2 is 1.57 bits per heavy atom. The first-order valence-electron chi connectivity index (χ1n) is 9.62. The second kappa shape index (κ2) is 8.45. The van der Waals surface area contributed by atoms with Gasteiger partial charge in [0.15, 0.2) is 0 Å². The Hall–Kier alpha value is -2.84. The molecular weight excluding hydrogens is 350 g/mol. The van der Waals surface area contributed by atoms with Gasteiger partial charge in [-0.15, -0.1) is 0 Å². The molecule has 1 aliphatic rings. The zero-order valence-electron chi connectivity index (χ0n) is 16.7. The summed E-state index contributed by atoms with van der Waals surface area (Å²) in [6, 6.07) is 22.4. The lowest BCUT2D eigenvalue weighted by Crippen LogP contribution is -2.56. The van der Waals surface area contributed by atoms with E-state index in [1.807, 2.05) is 57.2 Å². The molecule has 1 aliphatic heterocycles. The number of carbonyl (C=O) groups is 1. The summed E-state index contributed by atoms with van der Waals surface area (Å²) < 4.78 is 5.49. The van der Waals surface area contributed by atoms with Crippen LogP contribution in [-0.2, 0) is 4.74 Å². The number of ether oxygens (including phenoxy) is 1. The van der Waals surface area contributed by atoms with Crippen molar-refractivity contribution >= 4 is 6.09 Å². The topological polar surface area (TPSA) is 56.6 Å². The highest BCUT2D eigenvalue weighted by Crippen LogP contribution is 2.32. The molecule has 0 aliphatic carbocycles. The molecule has 1 atom stereocenters. The largest absolute Gasteiger partial charge is 0.444 e. The highest BCUT2D eigenvalue weighted by Gasteiger charge is 2.36. The smallest absolute Gasteiger partial charge is 0.410 e. The minimum atomic E-state index is -0.549. The second-order valence-corrected chi connectivity index (χ2v) is 8.03. The molecule has 5 nitrogen and oxygen atoms in total. The van der Waals surface area contributed by atoms with Crippen molar-refractivity contribution in [3.63, 3.8) is 0 Å². The van der Waals surface area contributed by atoms with Crippen molar-refractivity contribution in [2.45, 2.75) is 38.5 Å². The number of benzene rings is 2. The fourth-order valence-electron chi connectivity index (χ4n) is 3.56. The Morgan fingerprint density at radius 1 is 1.04 bits per heavy atom. The SMILES string of the molecule is CC(C)(C)OC(=O)N1CCN(C(c2ccccc2)c2ccccc2)[C@H](C#N)C1. The predicted molar refractivity (Wildman–Crippen MR) is 109 cm³/mol. The normalized spacial score (nSPS) is 18.0. The van der Waals surface area contributed by atoms with Crippen LogP contribution in [0.4, 0.5) is 4.79 Å². The Kier molecular flexibility index (Phi) is 6.01. The van der Waals surface area contributed by atoms with Crippen LogP contribution in [0.5, 0.6) is 0 Å². The average Bonchev–Trinajstić information content (AvgIpc) is 2.69. The molecule has 1 saturated heterocycles. The molecule has 28 heavy (non-hydrogen) atoms. The van der Waals surface area contributed by atoms with Crippen molar-refractivity contribution in [1.29, 1.82) is 5.26 Å². The van der Waals surface area contributed by atoms with E-state index in [9.17, 15) is 10.1 Å². The van der Waals surface area contributed by atoms with E-state index in [0.717, 1.165) is 11.1 Å². The molecule has 3 rings (SSSR count). The third kappa shape index (κ3) is 4.71. The standard InChI is InChI=1S/C23H27N3O2/c1-23(2,3)28-22(27)25-14-15-26(20(16-24)17-25)21(18-10-6-4-7-11-18)19-12-8-5-9-13-19/h4-13,20-21H,14-15,17H2,1-3H3/t20-/m1/s1. The van der Waals surface area contributed by atoms with E-state index < -0.39 is 11.6 Å². The van der Waals surface area contributed by atoms with Gasteiger partial charge in [0, 0.05) is 13.1 Å². The van der Waals surface area contributed by atoms with Crippen LogP contribution in [-0.4, -0.2) is 47.2 Å². The summed E-state index contributed by atoms with van der Waals surface area (Å²) in [5.41, 5.74) is 1.73. The molecule has 0 bridgehead atoms. The van der Waals surface area contributed by atoms with Gasteiger partial charge in [0.1, 0.15) is 11.6 Å². The number of rotatable bonds is 3. The van der Waals surface area contributed by atoms with E-state index in [0.29, 0.717) is 19.6 Å². The van der Waals surface area contributed by atoms with Gasteiger partial charge in [-0.2, -0.15) is 5.26 Å². The summed E-state index contributed by atoms with van der Waals surface area (Å²) in [7, 11) is 0. The zero-order valence-corrected chi connectivity index (χ0v) is 16.7. The molecule has 146 valence electrons. The quantitative estimate of drug-likeness (QED) is 0.804. The minimum absolute atomic E-state index is 0.0344. The van der Waals surface area contributed by atoms with Crippen LogP contribution in [0.15, 0.2) is 60.7 Å². The lowest BCUT2D eigenvalue weighted by Gasteiger charge is -2.42. The number of hydrogen-bond donors (Lipinski definition) is 0. The van der Waals surface area contributed by atoms with E-state index in [1.54, 1.807) is 4.90 Å². The van der Waals surface area contributed by atoms with Crippen molar-refractivity contribution in [2.24, 2.45) is 0 Å². The molecule has 1 heterocycles. The van der Waals surface area contributed by atoms with E-state index in [-0.39, 0.29) is 12.1 Å². The number of amides is 1. The first-order chi connectivity index (χ1) is 13.4. The Balaban J connectivity index is 1.86. The molecule has 5 heteroatoms. The number of hydrogen-bond acceptors (Lipinski definition) is 4. The molecule has 0 spiro atoms. The van der Waals surface area contributed by atoms with Gasteiger partial charge in [-0.05, 0) is 31.9 Å². The van der Waals surface area contributed by atoms with Gasteiger partial charge in [0.2, 0.25) is 0 Å². The summed E-state index contributed by atoms with van der Waals surface area (Å²) in [5.74, 6) is 0. The van der Waals surface area contributed by atoms with E-state index in [2.05, 4.69) is 35.2 Å². The van der Waals surface area contributed by atoms with E-state index in [1.165, 1.54) is 0 Å². The summed E-state index contributed by atoms with van der Waals surface area (Å²) >= 11 is 0. The van der Waals surface area contributed by atoms with Gasteiger partial charge in [-0.1, -0.05) is 60.7 Å². The van der Waals surface area contributed by atoms with Gasteiger partial charge < -0.3 is 9.64 Å². The predicted octanol–water partition coefficient (Wildman–Crippen LogP) is 4.22. The summed E-state index contributed by atoms with van der Waals surface area (Å²) in [5, 5.41) is 9.87. The maximum atomic E-state index is 12.5. The average molecular weight is 377 g/mol. The van der Waals surface area contributed by atoms with Crippen LogP contribution in [0.1, 0.15) is 37.9 Å². The fourth-order valence-corrected chi connectivity index (χ4v) is 3.56. The molecular formula is C23H27N3O2. The monoisotopic (exact) mass is 377 g/mol. The number of carbonyl (C=O) groups excluding carboxylic acids is 1. The zero-order chi connectivity index (χ0) is 20.1. The molecule has 0 N–H and O–H groups in total. The Labute approximate surface area is 167 Å². The number of nitrogens with zero attached hydrogens (tertiary/aromatic N) is 3. The van der Waals surface area contributed by atoms with Crippen molar-refractivity contribution in [3.05, 3.63) is 71.8 Å². The van der Waals surface area contributed by atoms with Gasteiger partial charge in [0.25, 0.3) is 0 Å². The van der Waals surface area contributed by atoms with Crippen LogP contribution in [0.25, 0.3) is 0 Å². The Morgan fingerprint density at radius 3 is 2.04 bits per heavy atom. The van der Waals surface area contributed by atoms with E-state index in [4.69, 9.17) is 4.74 Å². The maximum Gasteiger partial charge on any atom is 0.410 e. The summed E-state index contributed by atoms with van der Waals surface area (Å²) in [6.07, 6.45) is -0.358. The number of nitriles is 1. The van der Waals surface area contributed by atoms with Gasteiger partial charge in [-0.3, -0.25) is 4.90 Å². The molecule has 0 radical (unpaired) electrons. The summed E-state index contributed by atoms with van der Waals surface area (Å²) in [4.78, 5) is 16.3. The molecule has 0 aromatic heterocycles. The molecule has 1 amide bonds. The van der Waals surface area contributed by atoms with Gasteiger partial charge in [-0.25, -0.2) is 4.79 Å².